The van der Waals surface area contributed by atoms with Crippen LogP contribution in [-0.4, -0.2) is 79.5 Å². The van der Waals surface area contributed by atoms with Crippen molar-refractivity contribution >= 4 is 34.4 Å². The highest BCUT2D eigenvalue weighted by molar-refractivity contribution is 6.07. The summed E-state index contributed by atoms with van der Waals surface area (Å²) in [5.41, 5.74) is 1.37. The topological polar surface area (TPSA) is 70.5 Å². The first-order valence-corrected chi connectivity index (χ1v) is 12.2. The minimum absolute atomic E-state index is 0.0611. The Morgan fingerprint density at radius 3 is 2.63 bits per heavy atom. The van der Waals surface area contributed by atoms with Gasteiger partial charge in [0, 0.05) is 45.1 Å². The van der Waals surface area contributed by atoms with Crippen molar-refractivity contribution in [3.63, 3.8) is 0 Å². The van der Waals surface area contributed by atoms with Gasteiger partial charge in [0.15, 0.2) is 11.5 Å². The first-order chi connectivity index (χ1) is 17.2. The average molecular weight is 472 g/mol. The zero-order valence-electron chi connectivity index (χ0n) is 19.9. The molecular formula is C27H29N5O3. The van der Waals surface area contributed by atoms with Crippen LogP contribution < -0.4 is 14.4 Å². The lowest BCUT2D eigenvalue weighted by molar-refractivity contribution is 0.0775. The summed E-state index contributed by atoms with van der Waals surface area (Å²) in [5, 5.41) is 1.92. The maximum Gasteiger partial charge on any atom is 0.256 e. The standard InChI is InChI=1S/C27H29N5O3/c1-34-24-15-19-13-22-23(29-17-21-5-4-8-32(21)27(22)33)14-20(19)16-25(24)35-18-30-9-11-31(12-10-30)26-6-2-3-7-28-26/h2-3,6-7,13-17,21H,4-5,8-12,18H2,1H3. The number of hydrogen-bond donors (Lipinski definition) is 0. The number of aliphatic imine (C=N–C) groups is 1. The lowest BCUT2D eigenvalue weighted by Gasteiger charge is -2.35. The third kappa shape index (κ3) is 4.18. The van der Waals surface area contributed by atoms with Crippen molar-refractivity contribution in [2.24, 2.45) is 4.99 Å². The first-order valence-electron chi connectivity index (χ1n) is 12.2. The fraction of sp³-hybridized carbons (Fsp3) is 0.370. The van der Waals surface area contributed by atoms with E-state index >= 15 is 0 Å². The number of fused-ring (bicyclic) bond motifs is 3. The summed E-state index contributed by atoms with van der Waals surface area (Å²) in [5.74, 6) is 2.43. The molecule has 0 spiro atoms. The smallest absolute Gasteiger partial charge is 0.256 e. The number of ether oxygens (including phenoxy) is 2. The van der Waals surface area contributed by atoms with Crippen molar-refractivity contribution in [3.05, 3.63) is 54.2 Å². The largest absolute Gasteiger partial charge is 0.493 e. The zero-order chi connectivity index (χ0) is 23.8. The minimum atomic E-state index is 0.0611. The van der Waals surface area contributed by atoms with Crippen molar-refractivity contribution in [1.82, 2.24) is 14.8 Å². The highest BCUT2D eigenvalue weighted by Gasteiger charge is 2.32. The lowest BCUT2D eigenvalue weighted by Crippen LogP contribution is -2.47. The summed E-state index contributed by atoms with van der Waals surface area (Å²) in [7, 11) is 1.65. The third-order valence-electron chi connectivity index (χ3n) is 7.16. The molecule has 2 fully saturated rings. The molecule has 0 bridgehead atoms. The number of nitrogens with zero attached hydrogens (tertiary/aromatic N) is 5. The third-order valence-corrected chi connectivity index (χ3v) is 7.16. The molecule has 2 saturated heterocycles. The number of carbonyl (C=O) groups is 1. The molecule has 1 unspecified atom stereocenters. The average Bonchev–Trinajstić information content (AvgIpc) is 3.34. The summed E-state index contributed by atoms with van der Waals surface area (Å²) < 4.78 is 11.9. The van der Waals surface area contributed by atoms with Gasteiger partial charge in [0.1, 0.15) is 12.5 Å². The van der Waals surface area contributed by atoms with Crippen LogP contribution in [0.5, 0.6) is 11.5 Å². The van der Waals surface area contributed by atoms with Gasteiger partial charge in [0.25, 0.3) is 5.91 Å². The first kappa shape index (κ1) is 21.9. The number of hydrogen-bond acceptors (Lipinski definition) is 7. The van der Waals surface area contributed by atoms with E-state index in [1.54, 1.807) is 7.11 Å². The molecule has 8 nitrogen and oxygen atoms in total. The van der Waals surface area contributed by atoms with Gasteiger partial charge in [0.2, 0.25) is 0 Å². The van der Waals surface area contributed by atoms with Crippen molar-refractivity contribution in [2.75, 3.05) is 51.5 Å². The molecule has 2 aromatic carbocycles. The predicted octanol–water partition coefficient (Wildman–Crippen LogP) is 3.72. The highest BCUT2D eigenvalue weighted by atomic mass is 16.5. The van der Waals surface area contributed by atoms with Gasteiger partial charge in [0.05, 0.1) is 24.4 Å². The summed E-state index contributed by atoms with van der Waals surface area (Å²) in [4.78, 5) is 28.8. The van der Waals surface area contributed by atoms with E-state index in [1.165, 1.54) is 0 Å². The van der Waals surface area contributed by atoms with Gasteiger partial charge in [-0.3, -0.25) is 14.7 Å². The molecule has 1 aromatic heterocycles. The second-order valence-electron chi connectivity index (χ2n) is 9.27. The monoisotopic (exact) mass is 471 g/mol. The van der Waals surface area contributed by atoms with E-state index in [0.717, 1.165) is 67.8 Å². The molecule has 3 aromatic rings. The Kier molecular flexibility index (Phi) is 5.74. The van der Waals surface area contributed by atoms with Crippen LogP contribution in [0.2, 0.25) is 0 Å². The maximum absolute atomic E-state index is 13.2. The van der Waals surface area contributed by atoms with Crippen molar-refractivity contribution in [1.29, 1.82) is 0 Å². The summed E-state index contributed by atoms with van der Waals surface area (Å²) in [6.07, 6.45) is 5.76. The molecular weight excluding hydrogens is 442 g/mol. The van der Waals surface area contributed by atoms with Gasteiger partial charge in [-0.25, -0.2) is 4.98 Å². The second-order valence-corrected chi connectivity index (χ2v) is 9.27. The van der Waals surface area contributed by atoms with E-state index in [0.29, 0.717) is 23.8 Å². The van der Waals surface area contributed by atoms with Gasteiger partial charge in [-0.15, -0.1) is 0 Å². The van der Waals surface area contributed by atoms with Crippen LogP contribution in [0.15, 0.2) is 53.7 Å². The molecule has 3 aliphatic heterocycles. The van der Waals surface area contributed by atoms with E-state index in [-0.39, 0.29) is 11.9 Å². The van der Waals surface area contributed by atoms with Gasteiger partial charge in [-0.05, 0) is 60.0 Å². The van der Waals surface area contributed by atoms with Crippen molar-refractivity contribution in [3.8, 4) is 11.5 Å². The quantitative estimate of drug-likeness (QED) is 0.565. The Morgan fingerprint density at radius 1 is 1.00 bits per heavy atom. The Hall–Kier alpha value is -3.65. The molecule has 180 valence electrons. The molecule has 1 atom stereocenters. The van der Waals surface area contributed by atoms with Crippen LogP contribution in [0.4, 0.5) is 11.5 Å². The molecule has 0 saturated carbocycles. The van der Waals surface area contributed by atoms with Crippen LogP contribution in [0.1, 0.15) is 23.2 Å². The molecule has 0 radical (unpaired) electrons. The van der Waals surface area contributed by atoms with Gasteiger partial charge < -0.3 is 19.3 Å². The van der Waals surface area contributed by atoms with Crippen molar-refractivity contribution < 1.29 is 14.3 Å². The number of aromatic nitrogens is 1. The summed E-state index contributed by atoms with van der Waals surface area (Å²) >= 11 is 0. The molecule has 3 aliphatic rings. The molecule has 4 heterocycles. The number of rotatable bonds is 5. The Labute approximate surface area is 204 Å². The normalized spacial score (nSPS) is 20.0. The van der Waals surface area contributed by atoms with E-state index < -0.39 is 0 Å². The Balaban J connectivity index is 1.19. The number of benzene rings is 2. The minimum Gasteiger partial charge on any atom is -0.493 e. The second kappa shape index (κ2) is 9.19. The predicted molar refractivity (Wildman–Crippen MR) is 136 cm³/mol. The van der Waals surface area contributed by atoms with E-state index in [9.17, 15) is 4.79 Å². The summed E-state index contributed by atoms with van der Waals surface area (Å²) in [6.45, 7) is 4.88. The number of methoxy groups -OCH3 is 1. The number of anilines is 1. The van der Waals surface area contributed by atoms with E-state index in [4.69, 9.17) is 9.47 Å². The van der Waals surface area contributed by atoms with E-state index in [2.05, 4.69) is 19.8 Å². The van der Waals surface area contributed by atoms with Crippen LogP contribution in [0, 0.1) is 0 Å². The number of amides is 1. The highest BCUT2D eigenvalue weighted by Crippen LogP contribution is 2.37. The molecule has 8 heteroatoms. The van der Waals surface area contributed by atoms with Gasteiger partial charge >= 0.3 is 0 Å². The molecule has 35 heavy (non-hydrogen) atoms. The van der Waals surface area contributed by atoms with Gasteiger partial charge in [-0.2, -0.15) is 0 Å². The van der Waals surface area contributed by atoms with Gasteiger partial charge in [-0.1, -0.05) is 6.07 Å². The summed E-state index contributed by atoms with van der Waals surface area (Å²) in [6, 6.07) is 14.0. The maximum atomic E-state index is 13.2. The van der Waals surface area contributed by atoms with Crippen LogP contribution in [-0.2, 0) is 0 Å². The lowest BCUT2D eigenvalue weighted by atomic mass is 10.0. The fourth-order valence-electron chi connectivity index (χ4n) is 5.17. The fourth-order valence-corrected chi connectivity index (χ4v) is 5.17. The Morgan fingerprint density at radius 2 is 1.83 bits per heavy atom. The van der Waals surface area contributed by atoms with Crippen molar-refractivity contribution in [2.45, 2.75) is 18.9 Å². The number of piperazine rings is 1. The molecule has 6 rings (SSSR count). The zero-order valence-corrected chi connectivity index (χ0v) is 19.9. The van der Waals surface area contributed by atoms with Crippen LogP contribution >= 0.6 is 0 Å². The molecule has 0 aliphatic carbocycles. The number of pyridine rings is 1. The number of carbonyl (C=O) groups excluding carboxylic acids is 1. The van der Waals surface area contributed by atoms with Crippen LogP contribution in [0.25, 0.3) is 10.8 Å². The van der Waals surface area contributed by atoms with E-state index in [1.807, 2.05) is 59.8 Å². The van der Waals surface area contributed by atoms with Crippen LogP contribution in [0.3, 0.4) is 0 Å². The SMILES string of the molecule is COc1cc2cc3c(cc2cc1OCN1CCN(c2ccccn2)CC1)N=CC1CCCN1C3=O. The molecule has 1 amide bonds. The molecule has 0 N–H and O–H groups in total. The Bertz CT molecular complexity index is 1270.